The van der Waals surface area contributed by atoms with Gasteiger partial charge in [-0.05, 0) is 24.6 Å². The lowest BCUT2D eigenvalue weighted by atomic mass is 9.93. The van der Waals surface area contributed by atoms with E-state index < -0.39 is 17.6 Å². The van der Waals surface area contributed by atoms with Crippen molar-refractivity contribution in [3.8, 4) is 10.6 Å². The van der Waals surface area contributed by atoms with Crippen molar-refractivity contribution in [3.63, 3.8) is 0 Å². The highest BCUT2D eigenvalue weighted by Crippen LogP contribution is 2.36. The Bertz CT molecular complexity index is 1160. The summed E-state index contributed by atoms with van der Waals surface area (Å²) in [5.41, 5.74) is 4.37. The van der Waals surface area contributed by atoms with E-state index in [0.29, 0.717) is 24.4 Å². The Hall–Kier alpha value is -3.10. The standard InChI is InChI=1S/C24H25F2N5S/c1-15-4-3-5-17(10-15)24-29-22-8-9-30(13-23(22)32-24)16(2)20(12-31(28)14-27)19-7-6-18(25)11-21(19)26/h3-7,10-11,14,20,27H,2,8-9,12-13,28H2,1H3. The van der Waals surface area contributed by atoms with E-state index in [1.807, 2.05) is 6.07 Å². The maximum atomic E-state index is 14.6. The van der Waals surface area contributed by atoms with Gasteiger partial charge in [0.1, 0.15) is 16.6 Å². The van der Waals surface area contributed by atoms with Crippen molar-refractivity contribution in [2.75, 3.05) is 13.1 Å². The van der Waals surface area contributed by atoms with Gasteiger partial charge in [-0.15, -0.1) is 11.3 Å². The van der Waals surface area contributed by atoms with Gasteiger partial charge in [0.05, 0.1) is 18.6 Å². The van der Waals surface area contributed by atoms with Crippen molar-refractivity contribution in [1.29, 1.82) is 5.41 Å². The summed E-state index contributed by atoms with van der Waals surface area (Å²) in [6.45, 7) is 7.78. The molecule has 166 valence electrons. The highest BCUT2D eigenvalue weighted by molar-refractivity contribution is 7.15. The lowest BCUT2D eigenvalue weighted by Gasteiger charge is -2.35. The molecular weight excluding hydrogens is 428 g/mol. The molecule has 2 aromatic carbocycles. The number of halogens is 2. The number of hydrazine groups is 1. The molecule has 0 amide bonds. The largest absolute Gasteiger partial charge is 0.369 e. The van der Waals surface area contributed by atoms with Crippen LogP contribution in [0.2, 0.25) is 0 Å². The van der Waals surface area contributed by atoms with E-state index >= 15 is 0 Å². The zero-order valence-electron chi connectivity index (χ0n) is 17.8. The second-order valence-electron chi connectivity index (χ2n) is 7.97. The van der Waals surface area contributed by atoms with E-state index in [1.54, 1.807) is 11.3 Å². The molecular formula is C24H25F2N5S. The van der Waals surface area contributed by atoms with Gasteiger partial charge in [0, 0.05) is 47.6 Å². The summed E-state index contributed by atoms with van der Waals surface area (Å²) in [7, 11) is 0. The van der Waals surface area contributed by atoms with Gasteiger partial charge in [-0.25, -0.2) is 19.6 Å². The van der Waals surface area contributed by atoms with Crippen LogP contribution in [0.15, 0.2) is 54.7 Å². The van der Waals surface area contributed by atoms with Crippen LogP contribution < -0.4 is 5.84 Å². The minimum absolute atomic E-state index is 0.158. The summed E-state index contributed by atoms with van der Waals surface area (Å²) < 4.78 is 28.1. The molecule has 32 heavy (non-hydrogen) atoms. The van der Waals surface area contributed by atoms with Gasteiger partial charge in [0.25, 0.3) is 0 Å². The predicted molar refractivity (Wildman–Crippen MR) is 124 cm³/mol. The number of aromatic nitrogens is 1. The summed E-state index contributed by atoms with van der Waals surface area (Å²) in [5, 5.41) is 9.57. The number of hydrogen-bond donors (Lipinski definition) is 2. The lowest BCUT2D eigenvalue weighted by molar-refractivity contribution is 0.286. The Kier molecular flexibility index (Phi) is 6.34. The van der Waals surface area contributed by atoms with Crippen molar-refractivity contribution in [2.24, 2.45) is 5.84 Å². The number of rotatable bonds is 7. The number of aryl methyl sites for hydroxylation is 1. The molecule has 2 heterocycles. The third kappa shape index (κ3) is 4.56. The minimum Gasteiger partial charge on any atom is -0.369 e. The molecule has 5 nitrogen and oxygen atoms in total. The average molecular weight is 454 g/mol. The molecule has 0 spiro atoms. The van der Waals surface area contributed by atoms with Crippen LogP contribution in [0.25, 0.3) is 10.6 Å². The van der Waals surface area contributed by atoms with Crippen molar-refractivity contribution >= 4 is 17.7 Å². The zero-order valence-corrected chi connectivity index (χ0v) is 18.6. The molecule has 1 atom stereocenters. The minimum atomic E-state index is -0.647. The number of fused-ring (bicyclic) bond motifs is 1. The van der Waals surface area contributed by atoms with E-state index in [-0.39, 0.29) is 6.54 Å². The van der Waals surface area contributed by atoms with Gasteiger partial charge < -0.3 is 9.91 Å². The summed E-state index contributed by atoms with van der Waals surface area (Å²) in [4.78, 5) is 8.11. The van der Waals surface area contributed by atoms with Gasteiger partial charge in [-0.2, -0.15) is 0 Å². The molecule has 1 aliphatic heterocycles. The maximum absolute atomic E-state index is 14.6. The van der Waals surface area contributed by atoms with Crippen LogP contribution in [0.1, 0.15) is 27.6 Å². The zero-order chi connectivity index (χ0) is 22.8. The first kappa shape index (κ1) is 22.1. The SMILES string of the molecule is C=C(C(CN(N)C=N)c1ccc(F)cc1F)N1CCc2nc(-c3cccc(C)c3)sc2C1. The molecule has 0 saturated carbocycles. The second-order valence-corrected chi connectivity index (χ2v) is 9.05. The maximum Gasteiger partial charge on any atom is 0.130 e. The molecule has 3 N–H and O–H groups in total. The molecule has 1 unspecified atom stereocenters. The quantitative estimate of drug-likeness (QED) is 0.233. The smallest absolute Gasteiger partial charge is 0.130 e. The number of nitrogens with two attached hydrogens (primary N) is 1. The summed E-state index contributed by atoms with van der Waals surface area (Å²) in [5.74, 6) is 4.04. The molecule has 8 heteroatoms. The highest BCUT2D eigenvalue weighted by atomic mass is 32.1. The Morgan fingerprint density at radius 3 is 2.88 bits per heavy atom. The fourth-order valence-corrected chi connectivity index (χ4v) is 5.11. The highest BCUT2D eigenvalue weighted by Gasteiger charge is 2.28. The molecule has 3 aromatic rings. The molecule has 0 bridgehead atoms. The monoisotopic (exact) mass is 453 g/mol. The normalized spacial score (nSPS) is 14.1. The van der Waals surface area contributed by atoms with Crippen LogP contribution in [0.3, 0.4) is 0 Å². The number of benzene rings is 2. The van der Waals surface area contributed by atoms with E-state index in [4.69, 9.17) is 16.2 Å². The number of hydrogen-bond acceptors (Lipinski definition) is 5. The molecule has 0 saturated heterocycles. The Labute approximate surface area is 190 Å². The van der Waals surface area contributed by atoms with Gasteiger partial charge in [-0.1, -0.05) is 36.4 Å². The van der Waals surface area contributed by atoms with Gasteiger partial charge in [-0.3, -0.25) is 5.41 Å². The molecule has 4 rings (SSSR count). The first-order valence-corrected chi connectivity index (χ1v) is 11.1. The van der Waals surface area contributed by atoms with Crippen molar-refractivity contribution in [2.45, 2.75) is 25.8 Å². The summed E-state index contributed by atoms with van der Waals surface area (Å²) >= 11 is 1.66. The molecule has 1 aromatic heterocycles. The fraction of sp³-hybridized carbons (Fsp3) is 0.250. The summed E-state index contributed by atoms with van der Waals surface area (Å²) in [6, 6.07) is 11.8. The Morgan fingerprint density at radius 2 is 2.16 bits per heavy atom. The van der Waals surface area contributed by atoms with Crippen LogP contribution in [0.4, 0.5) is 8.78 Å². The first-order valence-electron chi connectivity index (χ1n) is 10.3. The summed E-state index contributed by atoms with van der Waals surface area (Å²) in [6.07, 6.45) is 1.74. The van der Waals surface area contributed by atoms with Crippen molar-refractivity contribution in [3.05, 3.63) is 88.1 Å². The van der Waals surface area contributed by atoms with Crippen molar-refractivity contribution < 1.29 is 8.78 Å². The van der Waals surface area contributed by atoms with E-state index in [2.05, 4.69) is 36.6 Å². The Balaban J connectivity index is 1.60. The molecule has 0 aliphatic carbocycles. The van der Waals surface area contributed by atoms with E-state index in [1.165, 1.54) is 22.7 Å². The average Bonchev–Trinajstić information content (AvgIpc) is 3.21. The van der Waals surface area contributed by atoms with Gasteiger partial charge in [0.15, 0.2) is 0 Å². The second kappa shape index (κ2) is 9.18. The molecule has 1 aliphatic rings. The third-order valence-corrected chi connectivity index (χ3v) is 6.83. The Morgan fingerprint density at radius 1 is 1.34 bits per heavy atom. The molecule has 0 radical (unpaired) electrons. The van der Waals surface area contributed by atoms with Gasteiger partial charge in [0.2, 0.25) is 0 Å². The van der Waals surface area contributed by atoms with Crippen LogP contribution in [0.5, 0.6) is 0 Å². The fourth-order valence-electron chi connectivity index (χ4n) is 3.99. The van der Waals surface area contributed by atoms with E-state index in [0.717, 1.165) is 40.0 Å². The van der Waals surface area contributed by atoms with Crippen LogP contribution >= 0.6 is 11.3 Å². The predicted octanol–water partition coefficient (Wildman–Crippen LogP) is 4.84. The molecule has 0 fully saturated rings. The van der Waals surface area contributed by atoms with Gasteiger partial charge >= 0.3 is 0 Å². The van der Waals surface area contributed by atoms with Crippen molar-refractivity contribution in [1.82, 2.24) is 14.9 Å². The third-order valence-electron chi connectivity index (χ3n) is 5.70. The number of thiazole rings is 1. The van der Waals surface area contributed by atoms with E-state index in [9.17, 15) is 8.78 Å². The lowest BCUT2D eigenvalue weighted by Crippen LogP contribution is -2.38. The topological polar surface area (TPSA) is 69.2 Å². The van der Waals surface area contributed by atoms with Crippen LogP contribution in [0, 0.1) is 24.0 Å². The van der Waals surface area contributed by atoms with Crippen LogP contribution in [-0.2, 0) is 13.0 Å². The van der Waals surface area contributed by atoms with Crippen LogP contribution in [-0.4, -0.2) is 34.3 Å². The number of nitrogens with zero attached hydrogens (tertiary/aromatic N) is 3. The first-order chi connectivity index (χ1) is 15.4. The number of nitrogens with one attached hydrogen (secondary N) is 1.